The van der Waals surface area contributed by atoms with Gasteiger partial charge in [0.05, 0.1) is 18.1 Å². The van der Waals surface area contributed by atoms with Gasteiger partial charge in [0.2, 0.25) is 5.91 Å². The van der Waals surface area contributed by atoms with Gasteiger partial charge in [-0.1, -0.05) is 12.1 Å². The maximum absolute atomic E-state index is 12.2. The van der Waals surface area contributed by atoms with E-state index in [4.69, 9.17) is 4.74 Å². The van der Waals surface area contributed by atoms with E-state index in [0.29, 0.717) is 25.9 Å². The maximum Gasteiger partial charge on any atom is 0.269 e. The van der Waals surface area contributed by atoms with Crippen LogP contribution in [-0.4, -0.2) is 50.0 Å². The zero-order valence-electron chi connectivity index (χ0n) is 17.1. The minimum absolute atomic E-state index is 0.00903. The number of carbonyl (C=O) groups is 1. The summed E-state index contributed by atoms with van der Waals surface area (Å²) in [6.07, 6.45) is 1.06. The molecule has 29 heavy (non-hydrogen) atoms. The molecule has 8 heteroatoms. The topological polar surface area (TPSA) is 96.7 Å². The van der Waals surface area contributed by atoms with Crippen molar-refractivity contribution in [2.45, 2.75) is 18.9 Å². The molecule has 2 rings (SSSR count). The molecule has 1 unspecified atom stereocenters. The molecule has 8 nitrogen and oxygen atoms in total. The molecule has 0 spiro atoms. The SMILES string of the molecule is COc1cccc(C(CNC(=O)CCCNc2ccc([N+](=O)[O-])cc2)N(C)C)c1. The second kappa shape index (κ2) is 11.0. The second-order valence-electron chi connectivity index (χ2n) is 6.89. The van der Waals surface area contributed by atoms with Crippen LogP contribution >= 0.6 is 0 Å². The molecule has 0 aliphatic heterocycles. The van der Waals surface area contributed by atoms with Gasteiger partial charge in [0.15, 0.2) is 0 Å². The zero-order chi connectivity index (χ0) is 21.2. The number of nitrogens with zero attached hydrogens (tertiary/aromatic N) is 2. The summed E-state index contributed by atoms with van der Waals surface area (Å²) in [5.74, 6) is 0.781. The summed E-state index contributed by atoms with van der Waals surface area (Å²) in [7, 11) is 5.59. The lowest BCUT2D eigenvalue weighted by Gasteiger charge is -2.25. The molecule has 1 amide bonds. The van der Waals surface area contributed by atoms with Gasteiger partial charge in [0.25, 0.3) is 5.69 Å². The highest BCUT2D eigenvalue weighted by molar-refractivity contribution is 5.75. The molecule has 2 aromatic rings. The monoisotopic (exact) mass is 400 g/mol. The van der Waals surface area contributed by atoms with Crippen molar-refractivity contribution in [2.75, 3.05) is 39.6 Å². The Morgan fingerprint density at radius 2 is 1.93 bits per heavy atom. The molecule has 0 aromatic heterocycles. The molecule has 0 heterocycles. The minimum Gasteiger partial charge on any atom is -0.497 e. The van der Waals surface area contributed by atoms with Gasteiger partial charge in [-0.05, 0) is 50.3 Å². The van der Waals surface area contributed by atoms with Crippen molar-refractivity contribution in [3.63, 3.8) is 0 Å². The van der Waals surface area contributed by atoms with E-state index in [2.05, 4.69) is 15.5 Å². The molecular weight excluding hydrogens is 372 g/mol. The molecule has 0 radical (unpaired) electrons. The number of amides is 1. The van der Waals surface area contributed by atoms with Gasteiger partial charge in [-0.2, -0.15) is 0 Å². The van der Waals surface area contributed by atoms with Crippen LogP contribution in [0.1, 0.15) is 24.4 Å². The number of anilines is 1. The molecule has 0 aliphatic rings. The highest BCUT2D eigenvalue weighted by atomic mass is 16.6. The average molecular weight is 400 g/mol. The summed E-state index contributed by atoms with van der Waals surface area (Å²) in [5, 5.41) is 16.8. The average Bonchev–Trinajstić information content (AvgIpc) is 2.71. The molecule has 0 saturated carbocycles. The normalized spacial score (nSPS) is 11.7. The number of carbonyl (C=O) groups excluding carboxylic acids is 1. The van der Waals surface area contributed by atoms with Crippen molar-refractivity contribution in [2.24, 2.45) is 0 Å². The number of nitrogens with one attached hydrogen (secondary N) is 2. The third-order valence-corrected chi connectivity index (χ3v) is 4.58. The first-order chi connectivity index (χ1) is 13.9. The summed E-state index contributed by atoms with van der Waals surface area (Å²) in [5.41, 5.74) is 1.93. The first-order valence-electron chi connectivity index (χ1n) is 9.46. The van der Waals surface area contributed by atoms with Crippen molar-refractivity contribution in [3.8, 4) is 5.75 Å². The van der Waals surface area contributed by atoms with Crippen molar-refractivity contribution in [3.05, 3.63) is 64.2 Å². The van der Waals surface area contributed by atoms with Gasteiger partial charge in [-0.15, -0.1) is 0 Å². The van der Waals surface area contributed by atoms with E-state index in [1.807, 2.05) is 38.4 Å². The van der Waals surface area contributed by atoms with Crippen molar-refractivity contribution in [1.29, 1.82) is 0 Å². The molecule has 1 atom stereocenters. The molecular formula is C21H28N4O4. The lowest BCUT2D eigenvalue weighted by atomic mass is 10.1. The predicted molar refractivity (Wildman–Crippen MR) is 113 cm³/mol. The molecule has 0 saturated heterocycles. The smallest absolute Gasteiger partial charge is 0.269 e. The summed E-state index contributed by atoms with van der Waals surface area (Å²) >= 11 is 0. The third-order valence-electron chi connectivity index (χ3n) is 4.58. The van der Waals surface area contributed by atoms with Crippen LogP contribution in [0.4, 0.5) is 11.4 Å². The van der Waals surface area contributed by atoms with Crippen LogP contribution in [0.3, 0.4) is 0 Å². The number of likely N-dealkylation sites (N-methyl/N-ethyl adjacent to an activating group) is 1. The fourth-order valence-corrected chi connectivity index (χ4v) is 2.93. The number of ether oxygens (including phenoxy) is 1. The summed E-state index contributed by atoms with van der Waals surface area (Å²) in [6.45, 7) is 1.12. The van der Waals surface area contributed by atoms with Crippen LogP contribution in [-0.2, 0) is 4.79 Å². The van der Waals surface area contributed by atoms with E-state index >= 15 is 0 Å². The number of hydrogen-bond donors (Lipinski definition) is 2. The Kier molecular flexibility index (Phi) is 8.42. The van der Waals surface area contributed by atoms with Gasteiger partial charge < -0.3 is 20.3 Å². The second-order valence-corrected chi connectivity index (χ2v) is 6.89. The van der Waals surface area contributed by atoms with Gasteiger partial charge in [-0.3, -0.25) is 14.9 Å². The Labute approximate surface area is 171 Å². The number of rotatable bonds is 11. The van der Waals surface area contributed by atoms with Crippen molar-refractivity contribution < 1.29 is 14.5 Å². The molecule has 2 N–H and O–H groups in total. The van der Waals surface area contributed by atoms with Crippen LogP contribution in [0.2, 0.25) is 0 Å². The molecule has 0 aliphatic carbocycles. The minimum atomic E-state index is -0.430. The van der Waals surface area contributed by atoms with Gasteiger partial charge in [0.1, 0.15) is 5.75 Å². The van der Waals surface area contributed by atoms with Gasteiger partial charge >= 0.3 is 0 Å². The Bertz CT molecular complexity index is 809. The van der Waals surface area contributed by atoms with Crippen LogP contribution < -0.4 is 15.4 Å². The van der Waals surface area contributed by atoms with E-state index in [9.17, 15) is 14.9 Å². The standard InChI is InChI=1S/C21H28N4O4/c1-24(2)20(16-6-4-7-19(14-16)29-3)15-23-21(26)8-5-13-22-17-9-11-18(12-10-17)25(27)28/h4,6-7,9-12,14,20,22H,5,8,13,15H2,1-3H3,(H,23,26). The lowest BCUT2D eigenvalue weighted by Crippen LogP contribution is -2.34. The Morgan fingerprint density at radius 3 is 2.55 bits per heavy atom. The first kappa shape index (κ1) is 22.2. The Morgan fingerprint density at radius 1 is 1.21 bits per heavy atom. The quantitative estimate of drug-likeness (QED) is 0.342. The summed E-state index contributed by atoms with van der Waals surface area (Å²) < 4.78 is 5.28. The fourth-order valence-electron chi connectivity index (χ4n) is 2.93. The summed E-state index contributed by atoms with van der Waals surface area (Å²) in [6, 6.07) is 14.1. The lowest BCUT2D eigenvalue weighted by molar-refractivity contribution is -0.384. The van der Waals surface area contributed by atoms with Crippen molar-refractivity contribution >= 4 is 17.3 Å². The number of nitro groups is 1. The van der Waals surface area contributed by atoms with E-state index in [-0.39, 0.29) is 17.6 Å². The van der Waals surface area contributed by atoms with Crippen molar-refractivity contribution in [1.82, 2.24) is 10.2 Å². The molecule has 0 fully saturated rings. The molecule has 0 bridgehead atoms. The van der Waals surface area contributed by atoms with Crippen LogP contribution in [0.15, 0.2) is 48.5 Å². The molecule has 156 valence electrons. The predicted octanol–water partition coefficient (Wildman–Crippen LogP) is 3.21. The zero-order valence-corrected chi connectivity index (χ0v) is 17.1. The maximum atomic E-state index is 12.2. The number of non-ortho nitro benzene ring substituents is 1. The van der Waals surface area contributed by atoms with Gasteiger partial charge in [-0.25, -0.2) is 0 Å². The fraction of sp³-hybridized carbons (Fsp3) is 0.381. The van der Waals surface area contributed by atoms with Crippen LogP contribution in [0, 0.1) is 10.1 Å². The summed E-state index contributed by atoms with van der Waals surface area (Å²) in [4.78, 5) is 24.5. The van der Waals surface area contributed by atoms with Crippen LogP contribution in [0.5, 0.6) is 5.75 Å². The van der Waals surface area contributed by atoms with Gasteiger partial charge in [0, 0.05) is 37.3 Å². The molecule has 2 aromatic carbocycles. The van der Waals surface area contributed by atoms with E-state index in [0.717, 1.165) is 17.0 Å². The number of nitro benzene ring substituents is 1. The third kappa shape index (κ3) is 7.08. The Balaban J connectivity index is 1.75. The van der Waals surface area contributed by atoms with E-state index in [1.165, 1.54) is 12.1 Å². The van der Waals surface area contributed by atoms with E-state index < -0.39 is 4.92 Å². The number of methoxy groups -OCH3 is 1. The first-order valence-corrected chi connectivity index (χ1v) is 9.46. The van der Waals surface area contributed by atoms with E-state index in [1.54, 1.807) is 19.2 Å². The highest BCUT2D eigenvalue weighted by Gasteiger charge is 2.16. The Hall–Kier alpha value is -3.13. The number of hydrogen-bond acceptors (Lipinski definition) is 6. The highest BCUT2D eigenvalue weighted by Crippen LogP contribution is 2.22. The largest absolute Gasteiger partial charge is 0.497 e. The van der Waals surface area contributed by atoms with Crippen LogP contribution in [0.25, 0.3) is 0 Å². The number of benzene rings is 2.